The predicted molar refractivity (Wildman–Crippen MR) is 76.6 cm³/mol. The largest absolute Gasteiger partial charge is 0.312 e. The van der Waals surface area contributed by atoms with Gasteiger partial charge in [-0.3, -0.25) is 4.79 Å². The summed E-state index contributed by atoms with van der Waals surface area (Å²) < 4.78 is 0. The van der Waals surface area contributed by atoms with E-state index in [-0.39, 0.29) is 17.1 Å². The fourth-order valence-corrected chi connectivity index (χ4v) is 2.50. The van der Waals surface area contributed by atoms with Crippen molar-refractivity contribution in [2.75, 3.05) is 11.9 Å². The first kappa shape index (κ1) is 13.0. The normalized spacial score (nSPS) is 17.4. The second-order valence-corrected chi connectivity index (χ2v) is 4.92. The summed E-state index contributed by atoms with van der Waals surface area (Å²) in [6.07, 6.45) is 1.51. The molecule has 1 aromatic heterocycles. The Hall–Kier alpha value is -1.98. The number of rotatable bonds is 2. The third-order valence-electron chi connectivity index (χ3n) is 3.29. The van der Waals surface area contributed by atoms with Crippen LogP contribution >= 0.6 is 11.6 Å². The Morgan fingerprint density at radius 1 is 1.35 bits per heavy atom. The topological polar surface area (TPSA) is 66.9 Å². The van der Waals surface area contributed by atoms with Crippen LogP contribution in [-0.2, 0) is 11.3 Å². The van der Waals surface area contributed by atoms with Crippen molar-refractivity contribution in [1.29, 1.82) is 0 Å². The Bertz CT molecular complexity index is 647. The second kappa shape index (κ2) is 5.56. The van der Waals surface area contributed by atoms with Crippen molar-refractivity contribution in [2.24, 2.45) is 0 Å². The third-order valence-corrected chi connectivity index (χ3v) is 3.47. The van der Waals surface area contributed by atoms with Gasteiger partial charge in [-0.1, -0.05) is 24.3 Å². The molecule has 1 atom stereocenters. The van der Waals surface area contributed by atoms with Crippen LogP contribution in [-0.4, -0.2) is 22.4 Å². The molecule has 1 unspecified atom stereocenters. The SMILES string of the molecule is O=C(Nc1ccnc(Cl)n1)C1CNCc2ccccc21. The molecule has 0 saturated heterocycles. The number of halogens is 1. The first-order chi connectivity index (χ1) is 9.74. The van der Waals surface area contributed by atoms with Crippen LogP contribution in [0.4, 0.5) is 5.82 Å². The molecule has 20 heavy (non-hydrogen) atoms. The highest BCUT2D eigenvalue weighted by Gasteiger charge is 2.26. The van der Waals surface area contributed by atoms with Crippen LogP contribution in [0.15, 0.2) is 36.5 Å². The molecule has 5 nitrogen and oxygen atoms in total. The maximum Gasteiger partial charge on any atom is 0.234 e. The van der Waals surface area contributed by atoms with Crippen molar-refractivity contribution in [3.63, 3.8) is 0 Å². The van der Waals surface area contributed by atoms with Crippen molar-refractivity contribution in [3.8, 4) is 0 Å². The summed E-state index contributed by atoms with van der Waals surface area (Å²) in [6.45, 7) is 1.40. The minimum Gasteiger partial charge on any atom is -0.312 e. The van der Waals surface area contributed by atoms with Gasteiger partial charge in [-0.2, -0.15) is 0 Å². The smallest absolute Gasteiger partial charge is 0.234 e. The summed E-state index contributed by atoms with van der Waals surface area (Å²) in [5.41, 5.74) is 2.21. The number of hydrogen-bond acceptors (Lipinski definition) is 4. The number of carbonyl (C=O) groups excluding carboxylic acids is 1. The van der Waals surface area contributed by atoms with Gasteiger partial charge in [-0.05, 0) is 28.8 Å². The van der Waals surface area contributed by atoms with Crippen LogP contribution in [0.25, 0.3) is 0 Å². The average molecular weight is 289 g/mol. The number of hydrogen-bond donors (Lipinski definition) is 2. The lowest BCUT2D eigenvalue weighted by atomic mass is 9.90. The molecule has 102 valence electrons. The Balaban J connectivity index is 1.82. The zero-order valence-corrected chi connectivity index (χ0v) is 11.4. The number of carbonyl (C=O) groups is 1. The van der Waals surface area contributed by atoms with Gasteiger partial charge in [0.25, 0.3) is 0 Å². The zero-order chi connectivity index (χ0) is 13.9. The van der Waals surface area contributed by atoms with E-state index < -0.39 is 0 Å². The van der Waals surface area contributed by atoms with Crippen molar-refractivity contribution >= 4 is 23.3 Å². The van der Waals surface area contributed by atoms with E-state index in [1.807, 2.05) is 24.3 Å². The number of benzene rings is 1. The van der Waals surface area contributed by atoms with Gasteiger partial charge >= 0.3 is 0 Å². The molecule has 0 bridgehead atoms. The second-order valence-electron chi connectivity index (χ2n) is 4.58. The monoisotopic (exact) mass is 288 g/mol. The Labute approximate surface area is 121 Å². The Morgan fingerprint density at radius 3 is 3.05 bits per heavy atom. The lowest BCUT2D eigenvalue weighted by molar-refractivity contribution is -0.117. The van der Waals surface area contributed by atoms with Crippen molar-refractivity contribution in [3.05, 3.63) is 52.9 Å². The van der Waals surface area contributed by atoms with Gasteiger partial charge in [0, 0.05) is 19.3 Å². The number of fused-ring (bicyclic) bond motifs is 1. The van der Waals surface area contributed by atoms with Crippen LogP contribution in [0.1, 0.15) is 17.0 Å². The predicted octanol–water partition coefficient (Wildman–Crippen LogP) is 1.96. The van der Waals surface area contributed by atoms with Gasteiger partial charge in [0.05, 0.1) is 5.92 Å². The summed E-state index contributed by atoms with van der Waals surface area (Å²) in [5, 5.41) is 6.14. The molecular formula is C14H13ClN4O. The summed E-state index contributed by atoms with van der Waals surface area (Å²) in [6, 6.07) is 9.57. The number of nitrogens with one attached hydrogen (secondary N) is 2. The van der Waals surface area contributed by atoms with E-state index in [1.54, 1.807) is 6.07 Å². The first-order valence-corrected chi connectivity index (χ1v) is 6.70. The quantitative estimate of drug-likeness (QED) is 0.829. The van der Waals surface area contributed by atoms with Gasteiger partial charge < -0.3 is 10.6 Å². The van der Waals surface area contributed by atoms with E-state index >= 15 is 0 Å². The molecule has 3 rings (SSSR count). The van der Waals surface area contributed by atoms with E-state index in [0.717, 1.165) is 17.7 Å². The van der Waals surface area contributed by atoms with E-state index in [2.05, 4.69) is 20.6 Å². The van der Waals surface area contributed by atoms with Crippen LogP contribution < -0.4 is 10.6 Å². The molecule has 0 fully saturated rings. The minimum absolute atomic E-state index is 0.0978. The van der Waals surface area contributed by atoms with Gasteiger partial charge in [-0.25, -0.2) is 9.97 Å². The van der Waals surface area contributed by atoms with E-state index in [1.165, 1.54) is 6.20 Å². The minimum atomic E-state index is -0.228. The van der Waals surface area contributed by atoms with Crippen LogP contribution in [0, 0.1) is 0 Å². The number of amides is 1. The van der Waals surface area contributed by atoms with Gasteiger partial charge in [0.2, 0.25) is 11.2 Å². The molecule has 1 aromatic carbocycles. The summed E-state index contributed by atoms with van der Waals surface area (Å²) in [4.78, 5) is 20.1. The Morgan fingerprint density at radius 2 is 2.20 bits per heavy atom. The molecule has 0 saturated carbocycles. The average Bonchev–Trinajstić information content (AvgIpc) is 2.46. The van der Waals surface area contributed by atoms with Crippen molar-refractivity contribution < 1.29 is 4.79 Å². The lowest BCUT2D eigenvalue weighted by Crippen LogP contribution is -2.35. The van der Waals surface area contributed by atoms with Gasteiger partial charge in [0.15, 0.2) is 0 Å². The number of anilines is 1. The van der Waals surface area contributed by atoms with Crippen LogP contribution in [0.3, 0.4) is 0 Å². The first-order valence-electron chi connectivity index (χ1n) is 6.32. The number of aromatic nitrogens is 2. The molecule has 2 N–H and O–H groups in total. The molecule has 2 heterocycles. The van der Waals surface area contributed by atoms with Crippen LogP contribution in [0.5, 0.6) is 0 Å². The third kappa shape index (κ3) is 2.64. The zero-order valence-electron chi connectivity index (χ0n) is 10.6. The summed E-state index contributed by atoms with van der Waals surface area (Å²) in [7, 11) is 0. The maximum absolute atomic E-state index is 12.4. The molecule has 6 heteroatoms. The fraction of sp³-hybridized carbons (Fsp3) is 0.214. The van der Waals surface area contributed by atoms with Crippen LogP contribution in [0.2, 0.25) is 5.28 Å². The molecule has 2 aromatic rings. The lowest BCUT2D eigenvalue weighted by Gasteiger charge is -2.25. The molecular weight excluding hydrogens is 276 g/mol. The molecule has 0 radical (unpaired) electrons. The Kier molecular flexibility index (Phi) is 3.62. The van der Waals surface area contributed by atoms with Crippen molar-refractivity contribution in [1.82, 2.24) is 15.3 Å². The molecule has 0 aliphatic carbocycles. The molecule has 0 spiro atoms. The highest BCUT2D eigenvalue weighted by atomic mass is 35.5. The van der Waals surface area contributed by atoms with E-state index in [4.69, 9.17) is 11.6 Å². The van der Waals surface area contributed by atoms with E-state index in [9.17, 15) is 4.79 Å². The maximum atomic E-state index is 12.4. The molecule has 1 aliphatic rings. The van der Waals surface area contributed by atoms with Gasteiger partial charge in [0.1, 0.15) is 5.82 Å². The standard InChI is InChI=1S/C14H13ClN4O/c15-14-17-6-5-12(19-14)18-13(20)11-8-16-7-9-3-1-2-4-10(9)11/h1-6,11,16H,7-8H2,(H,17,18,19,20). The highest BCUT2D eigenvalue weighted by molar-refractivity contribution is 6.28. The van der Waals surface area contributed by atoms with Gasteiger partial charge in [-0.15, -0.1) is 0 Å². The fourth-order valence-electron chi connectivity index (χ4n) is 2.35. The molecule has 1 amide bonds. The highest BCUT2D eigenvalue weighted by Crippen LogP contribution is 2.24. The summed E-state index contributed by atoms with van der Waals surface area (Å²) >= 11 is 5.71. The van der Waals surface area contributed by atoms with Crippen molar-refractivity contribution in [2.45, 2.75) is 12.5 Å². The van der Waals surface area contributed by atoms with E-state index in [0.29, 0.717) is 12.4 Å². The molecule has 1 aliphatic heterocycles. The summed E-state index contributed by atoms with van der Waals surface area (Å²) in [5.74, 6) is 0.0890. The number of nitrogens with zero attached hydrogens (tertiary/aromatic N) is 2.